The number of rotatable bonds is 2. The molecule has 0 aromatic heterocycles. The molecule has 1 fully saturated rings. The van der Waals surface area contributed by atoms with Crippen molar-refractivity contribution in [2.45, 2.75) is 19.3 Å². The van der Waals surface area contributed by atoms with Crippen LogP contribution in [0.4, 0.5) is 17.1 Å². The topological polar surface area (TPSA) is 26.8 Å². The lowest BCUT2D eigenvalue weighted by Crippen LogP contribution is -2.31. The molecule has 2 aromatic rings. The van der Waals surface area contributed by atoms with Gasteiger partial charge in [-0.25, -0.2) is 0 Å². The van der Waals surface area contributed by atoms with Gasteiger partial charge >= 0.3 is 0 Å². The summed E-state index contributed by atoms with van der Waals surface area (Å²) < 4.78 is 0.972. The second-order valence-electron chi connectivity index (χ2n) is 7.58. The van der Waals surface area contributed by atoms with Gasteiger partial charge in [-0.2, -0.15) is 0 Å². The van der Waals surface area contributed by atoms with E-state index in [1.54, 1.807) is 0 Å². The number of anilines is 3. The average Bonchev–Trinajstić information content (AvgIpc) is 3.35. The minimum atomic E-state index is 0.0380. The predicted octanol–water partition coefficient (Wildman–Crippen LogP) is 4.20. The van der Waals surface area contributed by atoms with Crippen molar-refractivity contribution in [1.29, 1.82) is 0 Å². The minimum absolute atomic E-state index is 0.0380. The van der Waals surface area contributed by atoms with Crippen LogP contribution < -0.4 is 9.80 Å². The Morgan fingerprint density at radius 2 is 1.79 bits per heavy atom. The van der Waals surface area contributed by atoms with Gasteiger partial charge in [0.15, 0.2) is 0 Å². The van der Waals surface area contributed by atoms with E-state index in [9.17, 15) is 4.79 Å². The lowest BCUT2D eigenvalue weighted by molar-refractivity contribution is 0.0991. The third-order valence-corrected chi connectivity index (χ3v) is 6.35. The summed E-state index contributed by atoms with van der Waals surface area (Å²) in [6, 6.07) is 12.3. The van der Waals surface area contributed by atoms with Crippen molar-refractivity contribution in [3.63, 3.8) is 0 Å². The van der Waals surface area contributed by atoms with Gasteiger partial charge in [0, 0.05) is 11.0 Å². The quantitative estimate of drug-likeness (QED) is 0.661. The third-order valence-electron chi connectivity index (χ3n) is 5.85. The van der Waals surface area contributed by atoms with Gasteiger partial charge < -0.3 is 4.90 Å². The van der Waals surface area contributed by atoms with Crippen LogP contribution in [0.2, 0.25) is 0 Å². The Morgan fingerprint density at radius 3 is 2.64 bits per heavy atom. The predicted molar refractivity (Wildman–Crippen MR) is 116 cm³/mol. The van der Waals surface area contributed by atoms with Crippen LogP contribution in [0.25, 0.3) is 0 Å². The lowest BCUT2D eigenvalue weighted by atomic mass is 10.1. The van der Waals surface area contributed by atoms with Crippen LogP contribution in [-0.4, -0.2) is 43.5 Å². The van der Waals surface area contributed by atoms with Crippen LogP contribution in [0.15, 0.2) is 40.9 Å². The summed E-state index contributed by atoms with van der Waals surface area (Å²) in [7, 11) is 0. The number of benzene rings is 2. The number of hydrogen-bond donors (Lipinski definition) is 0. The number of likely N-dealkylation sites (tertiary alicyclic amines) is 1. The van der Waals surface area contributed by atoms with Crippen LogP contribution in [0.1, 0.15) is 28.8 Å². The summed E-state index contributed by atoms with van der Waals surface area (Å²) in [5, 5.41) is 0. The summed E-state index contributed by atoms with van der Waals surface area (Å²) in [5.74, 6) is 6.57. The van der Waals surface area contributed by atoms with E-state index < -0.39 is 0 Å². The molecule has 0 atom stereocenters. The Bertz CT molecular complexity index is 1000. The van der Waals surface area contributed by atoms with Crippen molar-refractivity contribution in [1.82, 2.24) is 4.90 Å². The summed E-state index contributed by atoms with van der Waals surface area (Å²) in [5.41, 5.74) is 5.12. The Hall–Kier alpha value is -2.29. The van der Waals surface area contributed by atoms with Gasteiger partial charge in [0.05, 0.1) is 35.7 Å². The maximum absolute atomic E-state index is 13.5. The van der Waals surface area contributed by atoms with E-state index in [-0.39, 0.29) is 5.91 Å². The highest BCUT2D eigenvalue weighted by Gasteiger charge is 2.34. The molecule has 0 unspecified atom stereocenters. The standard InChI is InChI=1S/C23H22BrN3O/c24-18-8-9-20-21(16-18)27(14-4-3-13-25-11-1-2-12-25)23(28)19-7-5-6-17-10-15-26(20)22(17)19/h5-9,16H,1-2,10-15H2. The minimum Gasteiger partial charge on any atom is -0.339 e. The monoisotopic (exact) mass is 435 g/mol. The zero-order chi connectivity index (χ0) is 19.1. The number of hydrogen-bond acceptors (Lipinski definition) is 3. The summed E-state index contributed by atoms with van der Waals surface area (Å²) in [4.78, 5) is 20.0. The fraction of sp³-hybridized carbons (Fsp3) is 0.348. The van der Waals surface area contributed by atoms with Gasteiger partial charge in [-0.15, -0.1) is 0 Å². The molecule has 0 radical (unpaired) electrons. The van der Waals surface area contributed by atoms with E-state index >= 15 is 0 Å². The number of amides is 1. The molecule has 5 heteroatoms. The number of carbonyl (C=O) groups is 1. The zero-order valence-electron chi connectivity index (χ0n) is 15.7. The van der Waals surface area contributed by atoms with E-state index in [0.29, 0.717) is 6.54 Å². The highest BCUT2D eigenvalue weighted by atomic mass is 79.9. The molecule has 0 aliphatic carbocycles. The SMILES string of the molecule is O=C1c2cccc3c2N(CC3)c2ccc(Br)cc2N1CC#CCN1CCCC1. The van der Waals surface area contributed by atoms with Crippen molar-refractivity contribution in [3.05, 3.63) is 52.0 Å². The molecule has 3 heterocycles. The second-order valence-corrected chi connectivity index (χ2v) is 8.49. The average molecular weight is 436 g/mol. The molecule has 0 N–H and O–H groups in total. The zero-order valence-corrected chi connectivity index (χ0v) is 17.3. The van der Waals surface area contributed by atoms with Gasteiger partial charge in [0.2, 0.25) is 0 Å². The van der Waals surface area contributed by atoms with Crippen molar-refractivity contribution < 1.29 is 4.79 Å². The maximum Gasteiger partial charge on any atom is 0.261 e. The van der Waals surface area contributed by atoms with Crippen LogP contribution >= 0.6 is 15.9 Å². The number of halogens is 1. The van der Waals surface area contributed by atoms with Crippen molar-refractivity contribution in [2.24, 2.45) is 0 Å². The van der Waals surface area contributed by atoms with Gasteiger partial charge in [-0.05, 0) is 62.2 Å². The number of nitrogens with zero attached hydrogens (tertiary/aromatic N) is 3. The molecular weight excluding hydrogens is 414 g/mol. The summed E-state index contributed by atoms with van der Waals surface area (Å²) >= 11 is 3.58. The van der Waals surface area contributed by atoms with Crippen molar-refractivity contribution in [2.75, 3.05) is 42.5 Å². The van der Waals surface area contributed by atoms with E-state index in [1.807, 2.05) is 29.2 Å². The number of para-hydroxylation sites is 1. The van der Waals surface area contributed by atoms with Crippen molar-refractivity contribution in [3.8, 4) is 11.8 Å². The fourth-order valence-corrected chi connectivity index (χ4v) is 4.81. The Kier molecular flexibility index (Phi) is 4.62. The fourth-order valence-electron chi connectivity index (χ4n) is 4.47. The molecule has 2 aromatic carbocycles. The third kappa shape index (κ3) is 3.01. The highest BCUT2D eigenvalue weighted by molar-refractivity contribution is 9.10. The molecule has 1 saturated heterocycles. The number of fused-ring (bicyclic) bond motifs is 2. The van der Waals surface area contributed by atoms with Crippen molar-refractivity contribution >= 4 is 38.9 Å². The first-order valence-corrected chi connectivity index (χ1v) is 10.7. The Balaban J connectivity index is 1.53. The maximum atomic E-state index is 13.5. The first kappa shape index (κ1) is 17.8. The molecule has 28 heavy (non-hydrogen) atoms. The Labute approximate surface area is 174 Å². The van der Waals surface area contributed by atoms with E-state index in [2.05, 4.69) is 49.7 Å². The molecule has 3 aliphatic heterocycles. The smallest absolute Gasteiger partial charge is 0.261 e. The largest absolute Gasteiger partial charge is 0.339 e. The van der Waals surface area contributed by atoms with Crippen LogP contribution in [0, 0.1) is 11.8 Å². The first-order valence-electron chi connectivity index (χ1n) is 9.91. The van der Waals surface area contributed by atoms with E-state index in [1.165, 1.54) is 18.4 Å². The molecular formula is C23H22BrN3O. The van der Waals surface area contributed by atoms with Crippen LogP contribution in [0.3, 0.4) is 0 Å². The highest BCUT2D eigenvalue weighted by Crippen LogP contribution is 2.45. The van der Waals surface area contributed by atoms with Gasteiger partial charge in [-0.1, -0.05) is 39.9 Å². The molecule has 1 amide bonds. The first-order chi connectivity index (χ1) is 13.7. The molecule has 142 valence electrons. The van der Waals surface area contributed by atoms with Gasteiger partial charge in [0.1, 0.15) is 0 Å². The molecule has 3 aliphatic rings. The van der Waals surface area contributed by atoms with Gasteiger partial charge in [0.25, 0.3) is 5.91 Å². The molecule has 0 saturated carbocycles. The molecule has 5 rings (SSSR count). The summed E-state index contributed by atoms with van der Waals surface area (Å²) in [6.45, 7) is 4.38. The summed E-state index contributed by atoms with van der Waals surface area (Å²) in [6.07, 6.45) is 3.51. The number of carbonyl (C=O) groups excluding carboxylic acids is 1. The normalized spacial score (nSPS) is 17.8. The van der Waals surface area contributed by atoms with E-state index in [0.717, 1.165) is 59.7 Å². The molecule has 0 spiro atoms. The molecule has 4 nitrogen and oxygen atoms in total. The second kappa shape index (κ2) is 7.27. The van der Waals surface area contributed by atoms with Crippen LogP contribution in [-0.2, 0) is 6.42 Å². The van der Waals surface area contributed by atoms with E-state index in [4.69, 9.17) is 0 Å². The van der Waals surface area contributed by atoms with Crippen LogP contribution in [0.5, 0.6) is 0 Å². The lowest BCUT2D eigenvalue weighted by Gasteiger charge is -2.24. The van der Waals surface area contributed by atoms with Gasteiger partial charge in [-0.3, -0.25) is 14.6 Å². The Morgan fingerprint density at radius 1 is 0.964 bits per heavy atom. The molecule has 0 bridgehead atoms.